The minimum atomic E-state index is -4.48. The molecule has 0 N–H and O–H groups in total. The topological polar surface area (TPSA) is 43.4 Å². The Bertz CT molecular complexity index is 759. The third-order valence-corrected chi connectivity index (χ3v) is 3.52. The Morgan fingerprint density at radius 1 is 0.750 bits per heavy atom. The molecule has 0 amide bonds. The molecule has 2 aromatic carbocycles. The molecule has 0 aliphatic carbocycles. The second-order valence-corrected chi connectivity index (χ2v) is 5.24. The first-order valence-corrected chi connectivity index (χ1v) is 6.55. The van der Waals surface area contributed by atoms with Crippen molar-refractivity contribution < 1.29 is 30.2 Å². The summed E-state index contributed by atoms with van der Waals surface area (Å²) in [6.07, 6.45) is 0. The molecule has 0 aliphatic rings. The van der Waals surface area contributed by atoms with E-state index in [-0.39, 0.29) is 0 Å². The molecule has 0 aliphatic heterocycles. The number of benzene rings is 2. The van der Waals surface area contributed by atoms with Gasteiger partial charge in [0.15, 0.2) is 23.3 Å². The maximum absolute atomic E-state index is 13.0. The van der Waals surface area contributed by atoms with E-state index in [0.29, 0.717) is 24.3 Å². The molecular weight excluding hydrogens is 300 g/mol. The fourth-order valence-electron chi connectivity index (χ4n) is 1.34. The van der Waals surface area contributed by atoms with Gasteiger partial charge in [-0.3, -0.25) is 0 Å². The Labute approximate surface area is 111 Å². The van der Waals surface area contributed by atoms with E-state index in [9.17, 15) is 26.0 Å². The van der Waals surface area contributed by atoms with Gasteiger partial charge >= 0.3 is 10.1 Å². The Morgan fingerprint density at radius 3 is 1.85 bits per heavy atom. The number of rotatable bonds is 3. The zero-order valence-electron chi connectivity index (χ0n) is 9.61. The molecule has 2 aromatic rings. The third kappa shape index (κ3) is 2.90. The molecule has 106 valence electrons. The second-order valence-electron chi connectivity index (χ2n) is 3.69. The van der Waals surface area contributed by atoms with Crippen LogP contribution in [-0.4, -0.2) is 8.42 Å². The Kier molecular flexibility index (Phi) is 3.67. The molecule has 0 unspecified atom stereocenters. The van der Waals surface area contributed by atoms with E-state index < -0.39 is 44.0 Å². The molecule has 20 heavy (non-hydrogen) atoms. The summed E-state index contributed by atoms with van der Waals surface area (Å²) in [6, 6.07) is 3.89. The molecule has 0 atom stereocenters. The molecule has 8 heteroatoms. The Balaban J connectivity index is 2.35. The van der Waals surface area contributed by atoms with Crippen LogP contribution in [0.1, 0.15) is 0 Å². The van der Waals surface area contributed by atoms with Crippen LogP contribution in [0.3, 0.4) is 0 Å². The van der Waals surface area contributed by atoms with Crippen LogP contribution in [0.4, 0.5) is 17.6 Å². The quantitative estimate of drug-likeness (QED) is 0.647. The van der Waals surface area contributed by atoms with Gasteiger partial charge in [-0.25, -0.2) is 17.6 Å². The van der Waals surface area contributed by atoms with Crippen molar-refractivity contribution in [2.45, 2.75) is 4.90 Å². The van der Waals surface area contributed by atoms with Gasteiger partial charge in [-0.1, -0.05) is 0 Å². The smallest absolute Gasteiger partial charge is 0.339 e. The molecular formula is C12H6F4O3S. The standard InChI is InChI=1S/C12H6F4O3S/c13-9-3-1-7(5-11(9)15)19-20(17,18)8-2-4-10(14)12(16)6-8/h1-6H. The number of hydrogen-bond acceptors (Lipinski definition) is 3. The highest BCUT2D eigenvalue weighted by Crippen LogP contribution is 2.21. The highest BCUT2D eigenvalue weighted by atomic mass is 32.2. The van der Waals surface area contributed by atoms with Crippen molar-refractivity contribution in [2.75, 3.05) is 0 Å². The summed E-state index contributed by atoms with van der Waals surface area (Å²) < 4.78 is 79.2. The van der Waals surface area contributed by atoms with Crippen molar-refractivity contribution in [3.63, 3.8) is 0 Å². The molecule has 0 spiro atoms. The summed E-state index contributed by atoms with van der Waals surface area (Å²) in [5.41, 5.74) is 0. The van der Waals surface area contributed by atoms with Crippen molar-refractivity contribution in [1.29, 1.82) is 0 Å². The molecule has 2 rings (SSSR count). The first-order valence-electron chi connectivity index (χ1n) is 5.14. The second kappa shape index (κ2) is 5.12. The van der Waals surface area contributed by atoms with Gasteiger partial charge in [0.2, 0.25) is 0 Å². The first kappa shape index (κ1) is 14.3. The van der Waals surface area contributed by atoms with Crippen molar-refractivity contribution in [3.8, 4) is 5.75 Å². The third-order valence-electron chi connectivity index (χ3n) is 2.28. The van der Waals surface area contributed by atoms with Crippen LogP contribution in [0.25, 0.3) is 0 Å². The lowest BCUT2D eigenvalue weighted by molar-refractivity contribution is 0.469. The van der Waals surface area contributed by atoms with Crippen molar-refractivity contribution >= 4 is 10.1 Å². The highest BCUT2D eigenvalue weighted by molar-refractivity contribution is 7.87. The summed E-state index contributed by atoms with van der Waals surface area (Å²) in [6.45, 7) is 0. The Hall–Kier alpha value is -2.09. The van der Waals surface area contributed by atoms with Crippen LogP contribution in [0, 0.1) is 23.3 Å². The minimum Gasteiger partial charge on any atom is -0.379 e. The summed E-state index contributed by atoms with van der Waals surface area (Å²) in [4.78, 5) is -0.652. The molecule has 3 nitrogen and oxygen atoms in total. The minimum absolute atomic E-state index is 0.421. The SMILES string of the molecule is O=S(=O)(Oc1ccc(F)c(F)c1)c1ccc(F)c(F)c1. The van der Waals surface area contributed by atoms with Gasteiger partial charge in [0, 0.05) is 6.07 Å². The zero-order valence-corrected chi connectivity index (χ0v) is 10.4. The van der Waals surface area contributed by atoms with Gasteiger partial charge in [0.1, 0.15) is 10.6 Å². The van der Waals surface area contributed by atoms with E-state index in [1.807, 2.05) is 0 Å². The van der Waals surface area contributed by atoms with Gasteiger partial charge in [-0.05, 0) is 30.3 Å². The molecule has 0 radical (unpaired) electrons. The largest absolute Gasteiger partial charge is 0.379 e. The van der Waals surface area contributed by atoms with E-state index in [4.69, 9.17) is 0 Å². The monoisotopic (exact) mass is 306 g/mol. The van der Waals surface area contributed by atoms with Gasteiger partial charge in [-0.2, -0.15) is 8.42 Å². The summed E-state index contributed by atoms with van der Waals surface area (Å²) in [5.74, 6) is -5.57. The van der Waals surface area contributed by atoms with Gasteiger partial charge in [0.25, 0.3) is 0 Å². The Morgan fingerprint density at radius 2 is 1.30 bits per heavy atom. The summed E-state index contributed by atoms with van der Waals surface area (Å²) in [7, 11) is -4.48. The van der Waals surface area contributed by atoms with Crippen molar-refractivity contribution in [3.05, 3.63) is 59.7 Å². The number of halogens is 4. The zero-order chi connectivity index (χ0) is 14.9. The fourth-order valence-corrected chi connectivity index (χ4v) is 2.27. The average Bonchev–Trinajstić information content (AvgIpc) is 2.37. The van der Waals surface area contributed by atoms with Crippen molar-refractivity contribution in [1.82, 2.24) is 0 Å². The van der Waals surface area contributed by atoms with Crippen LogP contribution in [0.5, 0.6) is 5.75 Å². The molecule has 0 heterocycles. The molecule has 0 bridgehead atoms. The van der Waals surface area contributed by atoms with E-state index in [0.717, 1.165) is 12.1 Å². The van der Waals surface area contributed by atoms with Gasteiger partial charge < -0.3 is 4.18 Å². The molecule has 0 aromatic heterocycles. The predicted molar refractivity (Wildman–Crippen MR) is 60.5 cm³/mol. The van der Waals surface area contributed by atoms with Crippen molar-refractivity contribution in [2.24, 2.45) is 0 Å². The van der Waals surface area contributed by atoms with E-state index in [1.165, 1.54) is 0 Å². The number of hydrogen-bond donors (Lipinski definition) is 0. The van der Waals surface area contributed by atoms with Crippen LogP contribution < -0.4 is 4.18 Å². The van der Waals surface area contributed by atoms with Crippen LogP contribution >= 0.6 is 0 Å². The fraction of sp³-hybridized carbons (Fsp3) is 0. The lowest BCUT2D eigenvalue weighted by Gasteiger charge is -2.07. The van der Waals surface area contributed by atoms with E-state index >= 15 is 0 Å². The average molecular weight is 306 g/mol. The lowest BCUT2D eigenvalue weighted by atomic mass is 10.3. The van der Waals surface area contributed by atoms with Gasteiger partial charge in [-0.15, -0.1) is 0 Å². The molecule has 0 saturated carbocycles. The molecule has 0 saturated heterocycles. The maximum atomic E-state index is 13.0. The normalized spacial score (nSPS) is 11.4. The van der Waals surface area contributed by atoms with E-state index in [1.54, 1.807) is 0 Å². The lowest BCUT2D eigenvalue weighted by Crippen LogP contribution is -2.10. The highest BCUT2D eigenvalue weighted by Gasteiger charge is 2.19. The maximum Gasteiger partial charge on any atom is 0.339 e. The first-order chi connectivity index (χ1) is 9.29. The van der Waals surface area contributed by atoms with Crippen LogP contribution in [-0.2, 0) is 10.1 Å². The van der Waals surface area contributed by atoms with Crippen LogP contribution in [0.2, 0.25) is 0 Å². The van der Waals surface area contributed by atoms with Gasteiger partial charge in [0.05, 0.1) is 0 Å². The van der Waals surface area contributed by atoms with Crippen LogP contribution in [0.15, 0.2) is 41.3 Å². The summed E-state index contributed by atoms with van der Waals surface area (Å²) in [5, 5.41) is 0. The predicted octanol–water partition coefficient (Wildman–Crippen LogP) is 3.01. The van der Waals surface area contributed by atoms with E-state index in [2.05, 4.69) is 4.18 Å². The molecule has 0 fully saturated rings. The summed E-state index contributed by atoms with van der Waals surface area (Å²) >= 11 is 0.